The quantitative estimate of drug-likeness (QED) is 0.578. The number of nitro benzene ring substituents is 1. The Bertz CT molecular complexity index is 828. The lowest BCUT2D eigenvalue weighted by molar-refractivity contribution is -0.384. The van der Waals surface area contributed by atoms with Crippen LogP contribution in [0.3, 0.4) is 0 Å². The largest absolute Gasteiger partial charge is 0.377 e. The monoisotopic (exact) mass is 379 g/mol. The van der Waals surface area contributed by atoms with Crippen LogP contribution in [0, 0.1) is 10.1 Å². The zero-order valence-corrected chi connectivity index (χ0v) is 16.7. The van der Waals surface area contributed by atoms with Crippen LogP contribution in [0.4, 0.5) is 11.4 Å². The second-order valence-electron chi connectivity index (χ2n) is 8.41. The highest BCUT2D eigenvalue weighted by molar-refractivity contribution is 5.61. The van der Waals surface area contributed by atoms with Crippen molar-refractivity contribution in [1.82, 2.24) is 4.90 Å². The van der Waals surface area contributed by atoms with E-state index >= 15 is 0 Å². The lowest BCUT2D eigenvalue weighted by Gasteiger charge is -2.35. The van der Waals surface area contributed by atoms with Crippen LogP contribution >= 0.6 is 0 Å². The summed E-state index contributed by atoms with van der Waals surface area (Å²) in [6.07, 6.45) is 5.72. The van der Waals surface area contributed by atoms with Gasteiger partial charge in [0.05, 0.1) is 4.92 Å². The third-order valence-corrected chi connectivity index (χ3v) is 6.43. The number of fused-ring (bicyclic) bond motifs is 1. The maximum atomic E-state index is 11.3. The van der Waals surface area contributed by atoms with Gasteiger partial charge in [-0.2, -0.15) is 0 Å². The van der Waals surface area contributed by atoms with E-state index in [1.54, 1.807) is 18.2 Å². The highest BCUT2D eigenvalue weighted by Crippen LogP contribution is 2.36. The fraction of sp³-hybridized carbons (Fsp3) is 0.478. The van der Waals surface area contributed by atoms with Gasteiger partial charge in [0.15, 0.2) is 0 Å². The van der Waals surface area contributed by atoms with Gasteiger partial charge in [-0.3, -0.25) is 15.0 Å². The Morgan fingerprint density at radius 1 is 1.11 bits per heavy atom. The molecule has 0 saturated carbocycles. The number of nitrogens with one attached hydrogen (secondary N) is 1. The van der Waals surface area contributed by atoms with Crippen LogP contribution in [-0.4, -0.2) is 34.0 Å². The molecule has 5 nitrogen and oxygen atoms in total. The Morgan fingerprint density at radius 3 is 2.43 bits per heavy atom. The Kier molecular flexibility index (Phi) is 5.36. The van der Waals surface area contributed by atoms with Gasteiger partial charge in [0.2, 0.25) is 0 Å². The second kappa shape index (κ2) is 7.92. The number of nitro groups is 1. The van der Waals surface area contributed by atoms with Crippen molar-refractivity contribution in [3.63, 3.8) is 0 Å². The van der Waals surface area contributed by atoms with Gasteiger partial charge >= 0.3 is 0 Å². The first kappa shape index (κ1) is 18.9. The molecule has 3 atom stereocenters. The van der Waals surface area contributed by atoms with Crippen LogP contribution in [0.15, 0.2) is 48.5 Å². The summed E-state index contributed by atoms with van der Waals surface area (Å²) in [5.41, 5.74) is 3.76. The van der Waals surface area contributed by atoms with Gasteiger partial charge in [-0.1, -0.05) is 36.4 Å². The van der Waals surface area contributed by atoms with Crippen molar-refractivity contribution in [2.45, 2.75) is 70.1 Å². The number of nitrogens with zero attached hydrogens (tertiary/aromatic N) is 2. The minimum atomic E-state index is -0.311. The molecule has 1 heterocycles. The predicted molar refractivity (Wildman–Crippen MR) is 113 cm³/mol. The van der Waals surface area contributed by atoms with Crippen LogP contribution < -0.4 is 5.32 Å². The molecule has 4 rings (SSSR count). The number of para-hydroxylation sites is 2. The Hall–Kier alpha value is -2.40. The van der Waals surface area contributed by atoms with Crippen LogP contribution in [0.5, 0.6) is 0 Å². The molecule has 28 heavy (non-hydrogen) atoms. The lowest BCUT2D eigenvalue weighted by Crippen LogP contribution is -2.45. The lowest BCUT2D eigenvalue weighted by atomic mass is 10.0. The van der Waals surface area contributed by atoms with Gasteiger partial charge < -0.3 is 5.32 Å². The summed E-state index contributed by atoms with van der Waals surface area (Å²) in [7, 11) is 0. The van der Waals surface area contributed by atoms with Crippen molar-refractivity contribution in [2.24, 2.45) is 0 Å². The molecule has 1 saturated heterocycles. The highest BCUT2D eigenvalue weighted by Gasteiger charge is 2.38. The number of hydrogen-bond donors (Lipinski definition) is 1. The molecule has 0 spiro atoms. The minimum absolute atomic E-state index is 0.150. The SMILES string of the molecule is CC(CC1CCC(C)N1C1Cc2ccccc2C1)Nc1ccccc1[N+](=O)[O-]. The second-order valence-corrected chi connectivity index (χ2v) is 8.41. The number of rotatable bonds is 6. The molecule has 0 amide bonds. The van der Waals surface area contributed by atoms with Gasteiger partial charge in [-0.15, -0.1) is 0 Å². The van der Waals surface area contributed by atoms with E-state index < -0.39 is 0 Å². The molecule has 5 heteroatoms. The topological polar surface area (TPSA) is 58.4 Å². The average molecular weight is 380 g/mol. The zero-order valence-electron chi connectivity index (χ0n) is 16.7. The van der Waals surface area contributed by atoms with E-state index in [0.29, 0.717) is 23.8 Å². The average Bonchev–Trinajstić information content (AvgIpc) is 3.24. The van der Waals surface area contributed by atoms with Crippen molar-refractivity contribution in [2.75, 3.05) is 5.32 Å². The molecule has 2 aliphatic rings. The van der Waals surface area contributed by atoms with E-state index in [0.717, 1.165) is 19.3 Å². The fourth-order valence-corrected chi connectivity index (χ4v) is 5.22. The van der Waals surface area contributed by atoms with Crippen LogP contribution in [0.1, 0.15) is 44.2 Å². The van der Waals surface area contributed by atoms with Crippen LogP contribution in [0.2, 0.25) is 0 Å². The van der Waals surface area contributed by atoms with Crippen molar-refractivity contribution in [3.8, 4) is 0 Å². The molecule has 3 unspecified atom stereocenters. The number of anilines is 1. The first-order valence-electron chi connectivity index (χ1n) is 10.4. The van der Waals surface area contributed by atoms with E-state index in [1.165, 1.54) is 24.0 Å². The molecule has 0 aromatic heterocycles. The normalized spacial score (nSPS) is 23.5. The summed E-state index contributed by atoms with van der Waals surface area (Å²) < 4.78 is 0. The Balaban J connectivity index is 1.43. The molecule has 1 aliphatic heterocycles. The molecule has 0 radical (unpaired) electrons. The molecular weight excluding hydrogens is 350 g/mol. The van der Waals surface area contributed by atoms with Crippen molar-refractivity contribution in [3.05, 3.63) is 69.8 Å². The summed E-state index contributed by atoms with van der Waals surface area (Å²) in [6, 6.07) is 17.6. The van der Waals surface area contributed by atoms with Gasteiger partial charge in [-0.25, -0.2) is 0 Å². The highest BCUT2D eigenvalue weighted by atomic mass is 16.6. The number of hydrogen-bond acceptors (Lipinski definition) is 4. The molecule has 1 fully saturated rings. The maximum absolute atomic E-state index is 11.3. The smallest absolute Gasteiger partial charge is 0.292 e. The molecule has 2 aromatic carbocycles. The summed E-state index contributed by atoms with van der Waals surface area (Å²) >= 11 is 0. The first-order chi connectivity index (χ1) is 13.5. The number of likely N-dealkylation sites (tertiary alicyclic amines) is 1. The molecule has 1 aliphatic carbocycles. The molecular formula is C23H29N3O2. The Morgan fingerprint density at radius 2 is 1.75 bits per heavy atom. The van der Waals surface area contributed by atoms with Crippen molar-refractivity contribution < 1.29 is 4.92 Å². The van der Waals surface area contributed by atoms with Gasteiger partial charge in [0, 0.05) is 30.2 Å². The van der Waals surface area contributed by atoms with E-state index in [1.807, 2.05) is 6.07 Å². The van der Waals surface area contributed by atoms with E-state index in [-0.39, 0.29) is 16.7 Å². The summed E-state index contributed by atoms with van der Waals surface area (Å²) in [5, 5.41) is 14.7. The molecule has 2 aromatic rings. The molecule has 0 bridgehead atoms. The summed E-state index contributed by atoms with van der Waals surface area (Å²) in [4.78, 5) is 13.7. The number of benzene rings is 2. The summed E-state index contributed by atoms with van der Waals surface area (Å²) in [6.45, 7) is 4.49. The van der Waals surface area contributed by atoms with E-state index in [2.05, 4.69) is 48.3 Å². The van der Waals surface area contributed by atoms with Crippen LogP contribution in [0.25, 0.3) is 0 Å². The first-order valence-corrected chi connectivity index (χ1v) is 10.4. The van der Waals surface area contributed by atoms with Crippen molar-refractivity contribution >= 4 is 11.4 Å². The van der Waals surface area contributed by atoms with E-state index in [9.17, 15) is 10.1 Å². The van der Waals surface area contributed by atoms with Crippen molar-refractivity contribution in [1.29, 1.82) is 0 Å². The third-order valence-electron chi connectivity index (χ3n) is 6.43. The van der Waals surface area contributed by atoms with Gasteiger partial charge in [0.25, 0.3) is 5.69 Å². The maximum Gasteiger partial charge on any atom is 0.292 e. The van der Waals surface area contributed by atoms with E-state index in [4.69, 9.17) is 0 Å². The minimum Gasteiger partial charge on any atom is -0.377 e. The standard InChI is InChI=1S/C23H29N3O2/c1-16(24-22-9-5-6-10-23(22)26(27)28)13-20-12-11-17(2)25(20)21-14-18-7-3-4-8-19(18)15-21/h3-10,16-17,20-21,24H,11-15H2,1-2H3. The summed E-state index contributed by atoms with van der Waals surface area (Å²) in [5.74, 6) is 0. The third kappa shape index (κ3) is 3.76. The fourth-order valence-electron chi connectivity index (χ4n) is 5.22. The van der Waals surface area contributed by atoms with Crippen LogP contribution in [-0.2, 0) is 12.8 Å². The predicted octanol–water partition coefficient (Wildman–Crippen LogP) is 4.81. The molecule has 148 valence electrons. The Labute approximate surface area is 166 Å². The zero-order chi connectivity index (χ0) is 19.7. The van der Waals surface area contributed by atoms with Gasteiger partial charge in [-0.05, 0) is 63.1 Å². The molecule has 1 N–H and O–H groups in total. The van der Waals surface area contributed by atoms with Gasteiger partial charge in [0.1, 0.15) is 5.69 Å².